The molecular formula is C16H21N3O. The molecule has 4 nitrogen and oxygen atoms in total. The third-order valence-electron chi connectivity index (χ3n) is 4.59. The van der Waals surface area contributed by atoms with E-state index in [9.17, 15) is 0 Å². The molecule has 2 fully saturated rings. The second-order valence-electron chi connectivity index (χ2n) is 6.22. The molecule has 4 heteroatoms. The molecule has 4 rings (SSSR count). The highest BCUT2D eigenvalue weighted by molar-refractivity contribution is 5.73. The molecule has 2 aromatic rings. The third kappa shape index (κ3) is 2.17. The zero-order chi connectivity index (χ0) is 13.5. The maximum atomic E-state index is 6.10. The van der Waals surface area contributed by atoms with Crippen molar-refractivity contribution in [3.63, 3.8) is 0 Å². The summed E-state index contributed by atoms with van der Waals surface area (Å²) >= 11 is 0. The first-order chi connectivity index (χ1) is 9.81. The average Bonchev–Trinajstić information content (AvgIpc) is 3.28. The molecule has 0 atom stereocenters. The first-order valence-corrected chi connectivity index (χ1v) is 7.80. The fourth-order valence-corrected chi connectivity index (χ4v) is 3.14. The molecule has 0 radical (unpaired) electrons. The summed E-state index contributed by atoms with van der Waals surface area (Å²) < 4.78 is 8.16. The van der Waals surface area contributed by atoms with Gasteiger partial charge in [-0.2, -0.15) is 4.98 Å². The summed E-state index contributed by atoms with van der Waals surface area (Å²) in [7, 11) is 2.03. The Labute approximate surface area is 119 Å². The number of hydrogen-bond donors (Lipinski definition) is 0. The third-order valence-corrected chi connectivity index (χ3v) is 4.59. The number of aryl methyl sites for hydroxylation is 1. The van der Waals surface area contributed by atoms with Crippen LogP contribution in [0.4, 0.5) is 0 Å². The Morgan fingerprint density at radius 2 is 1.95 bits per heavy atom. The van der Waals surface area contributed by atoms with Crippen LogP contribution in [0.1, 0.15) is 56.4 Å². The zero-order valence-corrected chi connectivity index (χ0v) is 12.0. The number of hydrogen-bond acceptors (Lipinski definition) is 3. The monoisotopic (exact) mass is 271 g/mol. The lowest BCUT2D eigenvalue weighted by Gasteiger charge is -2.22. The van der Waals surface area contributed by atoms with Gasteiger partial charge in [-0.1, -0.05) is 6.42 Å². The van der Waals surface area contributed by atoms with Gasteiger partial charge >= 0.3 is 0 Å². The van der Waals surface area contributed by atoms with E-state index in [2.05, 4.69) is 20.6 Å². The van der Waals surface area contributed by atoms with Crippen LogP contribution < -0.4 is 4.74 Å². The lowest BCUT2D eigenvalue weighted by molar-refractivity contribution is 0.138. The Hall–Kier alpha value is -1.58. The van der Waals surface area contributed by atoms with E-state index in [1.54, 1.807) is 0 Å². The van der Waals surface area contributed by atoms with Crippen LogP contribution in [-0.2, 0) is 7.05 Å². The second kappa shape index (κ2) is 4.76. The van der Waals surface area contributed by atoms with Crippen molar-refractivity contribution in [3.8, 4) is 6.01 Å². The Kier molecular flexibility index (Phi) is 2.90. The van der Waals surface area contributed by atoms with Crippen LogP contribution in [0.15, 0.2) is 12.3 Å². The Bertz CT molecular complexity index is 624. The van der Waals surface area contributed by atoms with Gasteiger partial charge in [-0.25, -0.2) is 4.98 Å². The van der Waals surface area contributed by atoms with Crippen LogP contribution in [0.5, 0.6) is 6.01 Å². The van der Waals surface area contributed by atoms with Gasteiger partial charge in [0.15, 0.2) is 5.65 Å². The van der Waals surface area contributed by atoms with E-state index >= 15 is 0 Å². The van der Waals surface area contributed by atoms with Crippen LogP contribution >= 0.6 is 0 Å². The van der Waals surface area contributed by atoms with Crippen molar-refractivity contribution >= 4 is 11.2 Å². The lowest BCUT2D eigenvalue weighted by atomic mass is 9.98. The summed E-state index contributed by atoms with van der Waals surface area (Å²) in [6.45, 7) is 0. The lowest BCUT2D eigenvalue weighted by Crippen LogP contribution is -2.21. The van der Waals surface area contributed by atoms with Crippen LogP contribution in [0.2, 0.25) is 0 Å². The van der Waals surface area contributed by atoms with Crippen molar-refractivity contribution in [1.82, 2.24) is 14.5 Å². The van der Waals surface area contributed by atoms with Gasteiger partial charge < -0.3 is 4.74 Å². The fourth-order valence-electron chi connectivity index (χ4n) is 3.14. The SMILES string of the molecule is Cn1c(OC2CCCCC2)nc2ncc(C3CC3)cc21. The molecule has 2 aliphatic carbocycles. The van der Waals surface area contributed by atoms with E-state index in [1.165, 1.54) is 37.7 Å². The molecule has 2 aromatic heterocycles. The molecule has 0 bridgehead atoms. The predicted molar refractivity (Wildman–Crippen MR) is 78.0 cm³/mol. The molecule has 0 spiro atoms. The molecule has 2 saturated carbocycles. The van der Waals surface area contributed by atoms with Crippen molar-refractivity contribution in [2.24, 2.45) is 7.05 Å². The number of pyridine rings is 1. The molecule has 0 saturated heterocycles. The van der Waals surface area contributed by atoms with Gasteiger partial charge in [0.1, 0.15) is 6.10 Å². The van der Waals surface area contributed by atoms with E-state index in [1.807, 2.05) is 13.2 Å². The average molecular weight is 271 g/mol. The molecule has 0 amide bonds. The number of fused-ring (bicyclic) bond motifs is 1. The number of ether oxygens (including phenoxy) is 1. The smallest absolute Gasteiger partial charge is 0.298 e. The van der Waals surface area contributed by atoms with Crippen LogP contribution in [0.25, 0.3) is 11.2 Å². The molecule has 0 aromatic carbocycles. The Morgan fingerprint density at radius 1 is 1.15 bits per heavy atom. The van der Waals surface area contributed by atoms with Crippen LogP contribution in [0.3, 0.4) is 0 Å². The number of aromatic nitrogens is 3. The summed E-state index contributed by atoms with van der Waals surface area (Å²) in [6, 6.07) is 2.97. The minimum absolute atomic E-state index is 0.335. The summed E-state index contributed by atoms with van der Waals surface area (Å²) in [6.07, 6.45) is 11.1. The Morgan fingerprint density at radius 3 is 2.70 bits per heavy atom. The van der Waals surface area contributed by atoms with E-state index in [-0.39, 0.29) is 0 Å². The quantitative estimate of drug-likeness (QED) is 0.857. The number of rotatable bonds is 3. The van der Waals surface area contributed by atoms with Crippen molar-refractivity contribution in [2.75, 3.05) is 0 Å². The maximum Gasteiger partial charge on any atom is 0.298 e. The maximum absolute atomic E-state index is 6.10. The summed E-state index contributed by atoms with van der Waals surface area (Å²) in [4.78, 5) is 9.06. The molecule has 2 heterocycles. The van der Waals surface area contributed by atoms with E-state index in [4.69, 9.17) is 4.74 Å². The predicted octanol–water partition coefficient (Wildman–Crippen LogP) is 3.56. The normalized spacial score (nSPS) is 20.4. The van der Waals surface area contributed by atoms with Gasteiger partial charge in [-0.15, -0.1) is 0 Å². The van der Waals surface area contributed by atoms with Crippen LogP contribution in [-0.4, -0.2) is 20.6 Å². The first kappa shape index (κ1) is 12.2. The highest BCUT2D eigenvalue weighted by Crippen LogP contribution is 2.40. The minimum Gasteiger partial charge on any atom is -0.461 e. The molecule has 2 aliphatic rings. The molecule has 0 N–H and O–H groups in total. The van der Waals surface area contributed by atoms with Gasteiger partial charge in [0.25, 0.3) is 6.01 Å². The fraction of sp³-hybridized carbons (Fsp3) is 0.625. The van der Waals surface area contributed by atoms with Crippen molar-refractivity contribution in [3.05, 3.63) is 17.8 Å². The first-order valence-electron chi connectivity index (χ1n) is 7.80. The van der Waals surface area contributed by atoms with Crippen molar-refractivity contribution < 1.29 is 4.74 Å². The zero-order valence-electron chi connectivity index (χ0n) is 12.0. The van der Waals surface area contributed by atoms with Gasteiger partial charge in [0, 0.05) is 13.2 Å². The largest absolute Gasteiger partial charge is 0.461 e. The summed E-state index contributed by atoms with van der Waals surface area (Å²) in [5, 5.41) is 0. The van der Waals surface area contributed by atoms with Gasteiger partial charge in [-0.3, -0.25) is 4.57 Å². The molecule has 20 heavy (non-hydrogen) atoms. The summed E-state index contributed by atoms with van der Waals surface area (Å²) in [5.74, 6) is 0.726. The minimum atomic E-state index is 0.335. The standard InChI is InChI=1S/C16H21N3O/c1-19-14-9-12(11-7-8-11)10-17-15(14)18-16(19)20-13-5-3-2-4-6-13/h9-11,13H,2-8H2,1H3. The van der Waals surface area contributed by atoms with Crippen molar-refractivity contribution in [1.29, 1.82) is 0 Å². The van der Waals surface area contributed by atoms with E-state index in [0.717, 1.165) is 35.9 Å². The molecular weight excluding hydrogens is 250 g/mol. The van der Waals surface area contributed by atoms with E-state index < -0.39 is 0 Å². The number of nitrogens with zero attached hydrogens (tertiary/aromatic N) is 3. The Balaban J connectivity index is 1.63. The van der Waals surface area contributed by atoms with Crippen LogP contribution in [0, 0.1) is 0 Å². The summed E-state index contributed by atoms with van der Waals surface area (Å²) in [5.41, 5.74) is 3.26. The van der Waals surface area contributed by atoms with Crippen molar-refractivity contribution in [2.45, 2.75) is 57.0 Å². The molecule has 106 valence electrons. The van der Waals surface area contributed by atoms with Gasteiger partial charge in [0.2, 0.25) is 0 Å². The highest BCUT2D eigenvalue weighted by atomic mass is 16.5. The molecule has 0 aliphatic heterocycles. The number of imidazole rings is 1. The van der Waals surface area contributed by atoms with E-state index in [0.29, 0.717) is 6.10 Å². The second-order valence-corrected chi connectivity index (χ2v) is 6.22. The topological polar surface area (TPSA) is 39.9 Å². The highest BCUT2D eigenvalue weighted by Gasteiger charge is 2.25. The van der Waals surface area contributed by atoms with Gasteiger partial charge in [-0.05, 0) is 56.1 Å². The molecule has 0 unspecified atom stereocenters. The van der Waals surface area contributed by atoms with Gasteiger partial charge in [0.05, 0.1) is 5.52 Å².